The summed E-state index contributed by atoms with van der Waals surface area (Å²) in [7, 11) is 0. The SMILES string of the molecule is Cl.NCCC(=O)N1CCCN(c2ccccc2/C=C2\SC(=O)NC2=O)CC1. The van der Waals surface area contributed by atoms with Gasteiger partial charge in [-0.25, -0.2) is 0 Å². The van der Waals surface area contributed by atoms with E-state index >= 15 is 0 Å². The third kappa shape index (κ3) is 5.24. The maximum Gasteiger partial charge on any atom is 0.290 e. The number of hydrogen-bond acceptors (Lipinski definition) is 6. The van der Waals surface area contributed by atoms with Crippen molar-refractivity contribution in [3.63, 3.8) is 0 Å². The van der Waals surface area contributed by atoms with Crippen molar-refractivity contribution in [2.45, 2.75) is 12.8 Å². The first-order chi connectivity index (χ1) is 12.6. The zero-order valence-corrected chi connectivity index (χ0v) is 16.5. The van der Waals surface area contributed by atoms with Crippen LogP contribution in [0.4, 0.5) is 10.5 Å². The van der Waals surface area contributed by atoms with Gasteiger partial charge in [0.05, 0.1) is 4.91 Å². The lowest BCUT2D eigenvalue weighted by molar-refractivity contribution is -0.130. The largest absolute Gasteiger partial charge is 0.369 e. The second kappa shape index (κ2) is 9.77. The molecule has 0 radical (unpaired) electrons. The number of nitrogens with one attached hydrogen (secondary N) is 1. The zero-order chi connectivity index (χ0) is 18.5. The lowest BCUT2D eigenvalue weighted by atomic mass is 10.1. The van der Waals surface area contributed by atoms with E-state index in [1.807, 2.05) is 29.2 Å². The quantitative estimate of drug-likeness (QED) is 0.735. The molecule has 9 heteroatoms. The molecule has 1 aromatic rings. The maximum absolute atomic E-state index is 12.1. The van der Waals surface area contributed by atoms with Crippen molar-refractivity contribution < 1.29 is 14.4 Å². The third-order valence-corrected chi connectivity index (χ3v) is 5.22. The van der Waals surface area contributed by atoms with E-state index in [0.29, 0.717) is 24.4 Å². The lowest BCUT2D eigenvalue weighted by Crippen LogP contribution is -2.36. The monoisotopic (exact) mass is 410 g/mol. The number of carbonyl (C=O) groups excluding carboxylic acids is 3. The molecular weight excluding hydrogens is 388 g/mol. The van der Waals surface area contributed by atoms with E-state index < -0.39 is 0 Å². The number of para-hydroxylation sites is 1. The number of hydrogen-bond donors (Lipinski definition) is 2. The summed E-state index contributed by atoms with van der Waals surface area (Å²) in [6.07, 6.45) is 3.00. The van der Waals surface area contributed by atoms with Crippen LogP contribution < -0.4 is 16.0 Å². The fraction of sp³-hybridized carbons (Fsp3) is 0.389. The molecule has 0 atom stereocenters. The maximum atomic E-state index is 12.1. The Balaban J connectivity index is 0.00000261. The molecule has 0 aliphatic carbocycles. The minimum absolute atomic E-state index is 0. The van der Waals surface area contributed by atoms with Gasteiger partial charge in [-0.05, 0) is 35.9 Å². The predicted octanol–water partition coefficient (Wildman–Crippen LogP) is 1.82. The second-order valence-corrected chi connectivity index (χ2v) is 7.19. The van der Waals surface area contributed by atoms with Crippen LogP contribution in [-0.4, -0.2) is 54.7 Å². The highest BCUT2D eigenvalue weighted by Crippen LogP contribution is 2.30. The van der Waals surface area contributed by atoms with Crippen LogP contribution in [0.3, 0.4) is 0 Å². The van der Waals surface area contributed by atoms with Gasteiger partial charge in [-0.3, -0.25) is 19.7 Å². The van der Waals surface area contributed by atoms with Gasteiger partial charge in [-0.2, -0.15) is 0 Å². The number of benzene rings is 1. The smallest absolute Gasteiger partial charge is 0.290 e. The average Bonchev–Trinajstić information content (AvgIpc) is 2.82. The van der Waals surface area contributed by atoms with Crippen LogP contribution in [0.2, 0.25) is 0 Å². The predicted molar refractivity (Wildman–Crippen MR) is 110 cm³/mol. The summed E-state index contributed by atoms with van der Waals surface area (Å²) in [6, 6.07) is 7.79. The van der Waals surface area contributed by atoms with Crippen molar-refractivity contribution in [3.05, 3.63) is 34.7 Å². The fourth-order valence-electron chi connectivity index (χ4n) is 3.15. The molecule has 3 amide bonds. The van der Waals surface area contributed by atoms with E-state index in [9.17, 15) is 14.4 Å². The molecule has 0 unspecified atom stereocenters. The molecule has 0 saturated carbocycles. The molecule has 0 aromatic heterocycles. The first-order valence-corrected chi connectivity index (χ1v) is 9.47. The van der Waals surface area contributed by atoms with E-state index in [1.165, 1.54) is 0 Å². The first kappa shape index (κ1) is 21.3. The standard InChI is InChI=1S/C18H22N4O3S.ClH/c19-7-6-16(23)22-9-3-8-21(10-11-22)14-5-2-1-4-13(14)12-15-17(24)20-18(25)26-15;/h1-2,4-5,12H,3,6-11,19H2,(H,20,24,25);1H/b15-12-;. The van der Waals surface area contributed by atoms with Crippen LogP contribution in [0.1, 0.15) is 18.4 Å². The molecule has 2 saturated heterocycles. The van der Waals surface area contributed by atoms with Crippen LogP contribution in [0.5, 0.6) is 0 Å². The number of anilines is 1. The molecule has 2 aliphatic heterocycles. The molecule has 0 bridgehead atoms. The zero-order valence-electron chi connectivity index (χ0n) is 14.8. The number of rotatable bonds is 4. The van der Waals surface area contributed by atoms with E-state index in [4.69, 9.17) is 5.73 Å². The Bertz CT molecular complexity index is 756. The molecule has 146 valence electrons. The molecule has 0 spiro atoms. The van der Waals surface area contributed by atoms with Crippen molar-refractivity contribution in [1.29, 1.82) is 0 Å². The van der Waals surface area contributed by atoms with Crippen LogP contribution in [-0.2, 0) is 9.59 Å². The van der Waals surface area contributed by atoms with E-state index in [0.717, 1.165) is 49.1 Å². The minimum atomic E-state index is -0.357. The highest BCUT2D eigenvalue weighted by atomic mass is 35.5. The Hall–Kier alpha value is -2.03. The number of imide groups is 1. The first-order valence-electron chi connectivity index (χ1n) is 8.65. The van der Waals surface area contributed by atoms with E-state index in [2.05, 4.69) is 10.2 Å². The summed E-state index contributed by atoms with van der Waals surface area (Å²) in [4.78, 5) is 39.8. The number of nitrogens with zero attached hydrogens (tertiary/aromatic N) is 2. The van der Waals surface area contributed by atoms with Gasteiger partial charge in [-0.1, -0.05) is 18.2 Å². The van der Waals surface area contributed by atoms with Crippen molar-refractivity contribution in [2.75, 3.05) is 37.6 Å². The van der Waals surface area contributed by atoms with Crippen molar-refractivity contribution in [2.24, 2.45) is 5.73 Å². The number of thioether (sulfide) groups is 1. The lowest BCUT2D eigenvalue weighted by Gasteiger charge is -2.25. The Labute approximate surface area is 168 Å². The fourth-order valence-corrected chi connectivity index (χ4v) is 3.82. The van der Waals surface area contributed by atoms with Gasteiger partial charge >= 0.3 is 0 Å². The van der Waals surface area contributed by atoms with Crippen molar-refractivity contribution >= 4 is 53.0 Å². The number of nitrogens with two attached hydrogens (primary N) is 1. The molecule has 2 heterocycles. The molecule has 3 N–H and O–H groups in total. The van der Waals surface area contributed by atoms with Gasteiger partial charge in [0.25, 0.3) is 11.1 Å². The van der Waals surface area contributed by atoms with Crippen LogP contribution in [0.25, 0.3) is 6.08 Å². The Morgan fingerprint density at radius 1 is 1.19 bits per heavy atom. The summed E-state index contributed by atoms with van der Waals surface area (Å²) in [5, 5.41) is 1.93. The Morgan fingerprint density at radius 3 is 2.67 bits per heavy atom. The van der Waals surface area contributed by atoms with Crippen LogP contribution >= 0.6 is 24.2 Å². The molecule has 2 aliphatic rings. The highest BCUT2D eigenvalue weighted by Gasteiger charge is 2.26. The molecule has 27 heavy (non-hydrogen) atoms. The average molecular weight is 411 g/mol. The van der Waals surface area contributed by atoms with E-state index in [1.54, 1.807) is 6.08 Å². The van der Waals surface area contributed by atoms with Gasteiger partial charge in [-0.15, -0.1) is 12.4 Å². The molecule has 7 nitrogen and oxygen atoms in total. The third-order valence-electron chi connectivity index (χ3n) is 4.41. The van der Waals surface area contributed by atoms with Gasteiger partial charge < -0.3 is 15.5 Å². The summed E-state index contributed by atoms with van der Waals surface area (Å²) >= 11 is 0.916. The Morgan fingerprint density at radius 2 is 1.96 bits per heavy atom. The van der Waals surface area contributed by atoms with Crippen LogP contribution in [0.15, 0.2) is 29.2 Å². The van der Waals surface area contributed by atoms with Gasteiger partial charge in [0.2, 0.25) is 5.91 Å². The van der Waals surface area contributed by atoms with E-state index in [-0.39, 0.29) is 29.5 Å². The summed E-state index contributed by atoms with van der Waals surface area (Å²) < 4.78 is 0. The van der Waals surface area contributed by atoms with Crippen molar-refractivity contribution in [1.82, 2.24) is 10.2 Å². The van der Waals surface area contributed by atoms with Gasteiger partial charge in [0.15, 0.2) is 0 Å². The molecule has 1 aromatic carbocycles. The van der Waals surface area contributed by atoms with Crippen molar-refractivity contribution in [3.8, 4) is 0 Å². The summed E-state index contributed by atoms with van der Waals surface area (Å²) in [5.41, 5.74) is 7.38. The number of amides is 3. The second-order valence-electron chi connectivity index (χ2n) is 6.17. The molecular formula is C18H23ClN4O3S. The van der Waals surface area contributed by atoms with Gasteiger partial charge in [0.1, 0.15) is 0 Å². The highest BCUT2D eigenvalue weighted by molar-refractivity contribution is 8.18. The topological polar surface area (TPSA) is 95.7 Å². The molecule has 3 rings (SSSR count). The van der Waals surface area contributed by atoms with Gasteiger partial charge in [0, 0.05) is 44.8 Å². The van der Waals surface area contributed by atoms with Crippen LogP contribution in [0, 0.1) is 0 Å². The minimum Gasteiger partial charge on any atom is -0.369 e. The number of carbonyl (C=O) groups is 3. The molecule has 2 fully saturated rings. The summed E-state index contributed by atoms with van der Waals surface area (Å²) in [6.45, 7) is 3.29. The summed E-state index contributed by atoms with van der Waals surface area (Å²) in [5.74, 6) is -0.258. The number of halogens is 1. The normalized spacial score (nSPS) is 18.9. The Kier molecular flexibility index (Phi) is 7.70.